The van der Waals surface area contributed by atoms with Crippen LogP contribution in [-0.2, 0) is 0 Å². The second-order valence-corrected chi connectivity index (χ2v) is 3.66. The van der Waals surface area contributed by atoms with E-state index in [0.717, 1.165) is 17.8 Å². The molecule has 0 aliphatic carbocycles. The number of hydrogen-bond acceptors (Lipinski definition) is 3. The third-order valence-corrected chi connectivity index (χ3v) is 2.29. The van der Waals surface area contributed by atoms with Crippen LogP contribution in [-0.4, -0.2) is 17.9 Å². The number of unbranched alkanes of at least 4 members (excludes halogenated alkanes) is 1. The molecule has 1 aromatic rings. The van der Waals surface area contributed by atoms with Crippen LogP contribution >= 0.6 is 11.3 Å². The van der Waals surface area contributed by atoms with Crippen LogP contribution in [0.5, 0.6) is 5.06 Å². The second-order valence-electron chi connectivity index (χ2n) is 2.56. The molecular formula is C9H13NOS. The molecule has 1 rings (SSSR count). The van der Waals surface area contributed by atoms with Crippen LogP contribution in [0.4, 0.5) is 0 Å². The molecular weight excluding hydrogens is 170 g/mol. The maximum absolute atomic E-state index is 9.01. The highest BCUT2D eigenvalue weighted by Crippen LogP contribution is 2.20. The highest BCUT2D eigenvalue weighted by Gasteiger charge is 1.92. The summed E-state index contributed by atoms with van der Waals surface area (Å²) in [5.41, 5.74) is 0. The number of aliphatic imine (C=N–C) groups is 1. The molecule has 0 saturated heterocycles. The van der Waals surface area contributed by atoms with E-state index in [1.807, 2.05) is 12.3 Å². The van der Waals surface area contributed by atoms with E-state index in [0.29, 0.717) is 5.06 Å². The van der Waals surface area contributed by atoms with Crippen LogP contribution in [0.2, 0.25) is 0 Å². The minimum atomic E-state index is 0.354. The van der Waals surface area contributed by atoms with Gasteiger partial charge in [0.25, 0.3) is 0 Å². The third-order valence-electron chi connectivity index (χ3n) is 1.47. The van der Waals surface area contributed by atoms with Gasteiger partial charge in [0.05, 0.1) is 0 Å². The summed E-state index contributed by atoms with van der Waals surface area (Å²) >= 11 is 1.35. The van der Waals surface area contributed by atoms with Gasteiger partial charge in [0.2, 0.25) is 0 Å². The molecule has 0 amide bonds. The lowest BCUT2D eigenvalue weighted by atomic mass is 10.3. The van der Waals surface area contributed by atoms with E-state index in [9.17, 15) is 0 Å². The minimum absolute atomic E-state index is 0.354. The van der Waals surface area contributed by atoms with Crippen molar-refractivity contribution in [2.75, 3.05) is 6.54 Å². The standard InChI is InChI=1S/C9H13NOS/c1-2-3-6-10-7-8-4-5-9(11)12-8/h4-5,7,11H,2-3,6H2,1H3. The highest BCUT2D eigenvalue weighted by atomic mass is 32.1. The van der Waals surface area contributed by atoms with Gasteiger partial charge in [0, 0.05) is 17.6 Å². The first-order valence-corrected chi connectivity index (χ1v) is 4.93. The Hall–Kier alpha value is -0.830. The first-order chi connectivity index (χ1) is 5.83. The number of hydrogen-bond donors (Lipinski definition) is 1. The molecule has 3 heteroatoms. The van der Waals surface area contributed by atoms with Gasteiger partial charge in [-0.05, 0) is 18.6 Å². The van der Waals surface area contributed by atoms with Gasteiger partial charge in [-0.15, -0.1) is 0 Å². The Morgan fingerprint density at radius 1 is 1.58 bits per heavy atom. The average molecular weight is 183 g/mol. The molecule has 0 unspecified atom stereocenters. The molecule has 0 radical (unpaired) electrons. The van der Waals surface area contributed by atoms with Gasteiger partial charge in [0.1, 0.15) is 0 Å². The van der Waals surface area contributed by atoms with Crippen LogP contribution < -0.4 is 0 Å². The highest BCUT2D eigenvalue weighted by molar-refractivity contribution is 7.15. The average Bonchev–Trinajstić information content (AvgIpc) is 2.45. The molecule has 0 aliphatic heterocycles. The molecule has 0 spiro atoms. The quantitative estimate of drug-likeness (QED) is 0.565. The fraction of sp³-hybridized carbons (Fsp3) is 0.444. The maximum Gasteiger partial charge on any atom is 0.171 e. The molecule has 0 fully saturated rings. The van der Waals surface area contributed by atoms with E-state index in [4.69, 9.17) is 5.11 Å². The summed E-state index contributed by atoms with van der Waals surface area (Å²) < 4.78 is 0. The van der Waals surface area contributed by atoms with Gasteiger partial charge >= 0.3 is 0 Å². The molecule has 2 nitrogen and oxygen atoms in total. The Morgan fingerprint density at radius 3 is 3.00 bits per heavy atom. The van der Waals surface area contributed by atoms with E-state index >= 15 is 0 Å². The van der Waals surface area contributed by atoms with Crippen molar-refractivity contribution in [2.24, 2.45) is 4.99 Å². The Kier molecular flexibility index (Phi) is 3.80. The van der Waals surface area contributed by atoms with Crippen molar-refractivity contribution in [2.45, 2.75) is 19.8 Å². The van der Waals surface area contributed by atoms with Crippen molar-refractivity contribution in [3.63, 3.8) is 0 Å². The number of nitrogens with zero attached hydrogens (tertiary/aromatic N) is 1. The Balaban J connectivity index is 2.36. The summed E-state index contributed by atoms with van der Waals surface area (Å²) in [6.45, 7) is 3.03. The molecule has 66 valence electrons. The van der Waals surface area contributed by atoms with Crippen LogP contribution in [0.1, 0.15) is 24.6 Å². The lowest BCUT2D eigenvalue weighted by Gasteiger charge is -1.87. The van der Waals surface area contributed by atoms with Crippen LogP contribution in [0.3, 0.4) is 0 Å². The number of thiophene rings is 1. The molecule has 12 heavy (non-hydrogen) atoms. The van der Waals surface area contributed by atoms with Crippen molar-refractivity contribution in [3.05, 3.63) is 17.0 Å². The Bertz CT molecular complexity index is 255. The van der Waals surface area contributed by atoms with E-state index in [-0.39, 0.29) is 0 Å². The summed E-state index contributed by atoms with van der Waals surface area (Å²) in [4.78, 5) is 5.24. The van der Waals surface area contributed by atoms with Crippen molar-refractivity contribution in [3.8, 4) is 5.06 Å². The predicted molar refractivity (Wildman–Crippen MR) is 53.4 cm³/mol. The smallest absolute Gasteiger partial charge is 0.171 e. The van der Waals surface area contributed by atoms with E-state index in [2.05, 4.69) is 11.9 Å². The van der Waals surface area contributed by atoms with Gasteiger partial charge in [0.15, 0.2) is 5.06 Å². The molecule has 1 N–H and O–H groups in total. The van der Waals surface area contributed by atoms with E-state index in [1.54, 1.807) is 6.07 Å². The summed E-state index contributed by atoms with van der Waals surface area (Å²) in [6, 6.07) is 3.56. The monoisotopic (exact) mass is 183 g/mol. The van der Waals surface area contributed by atoms with Gasteiger partial charge in [-0.1, -0.05) is 24.7 Å². The van der Waals surface area contributed by atoms with E-state index < -0.39 is 0 Å². The van der Waals surface area contributed by atoms with Crippen LogP contribution in [0.15, 0.2) is 17.1 Å². The van der Waals surface area contributed by atoms with Crippen LogP contribution in [0.25, 0.3) is 0 Å². The van der Waals surface area contributed by atoms with Crippen molar-refractivity contribution < 1.29 is 5.11 Å². The topological polar surface area (TPSA) is 32.6 Å². The molecule has 0 aliphatic rings. The molecule has 1 heterocycles. The lowest BCUT2D eigenvalue weighted by Crippen LogP contribution is -1.80. The molecule has 0 saturated carbocycles. The first kappa shape index (κ1) is 9.26. The van der Waals surface area contributed by atoms with Gasteiger partial charge in [-0.3, -0.25) is 4.99 Å². The fourth-order valence-electron chi connectivity index (χ4n) is 0.816. The van der Waals surface area contributed by atoms with Gasteiger partial charge in [-0.2, -0.15) is 0 Å². The molecule has 1 aromatic heterocycles. The summed E-state index contributed by atoms with van der Waals surface area (Å²) in [7, 11) is 0. The fourth-order valence-corrected chi connectivity index (χ4v) is 1.46. The van der Waals surface area contributed by atoms with Crippen molar-refractivity contribution in [1.82, 2.24) is 0 Å². The Morgan fingerprint density at radius 2 is 2.42 bits per heavy atom. The second kappa shape index (κ2) is 4.93. The lowest BCUT2D eigenvalue weighted by molar-refractivity contribution is 0.491. The van der Waals surface area contributed by atoms with Crippen LogP contribution in [0, 0.1) is 0 Å². The summed E-state index contributed by atoms with van der Waals surface area (Å²) in [5.74, 6) is 0. The summed E-state index contributed by atoms with van der Waals surface area (Å²) in [5, 5.41) is 9.37. The normalized spacial score (nSPS) is 11.1. The first-order valence-electron chi connectivity index (χ1n) is 4.11. The van der Waals surface area contributed by atoms with E-state index in [1.165, 1.54) is 17.8 Å². The van der Waals surface area contributed by atoms with Crippen molar-refractivity contribution in [1.29, 1.82) is 0 Å². The zero-order valence-electron chi connectivity index (χ0n) is 7.16. The number of rotatable bonds is 4. The molecule has 0 atom stereocenters. The molecule has 0 bridgehead atoms. The van der Waals surface area contributed by atoms with Crippen molar-refractivity contribution >= 4 is 17.6 Å². The zero-order valence-corrected chi connectivity index (χ0v) is 7.97. The zero-order chi connectivity index (χ0) is 8.81. The molecule has 0 aromatic carbocycles. The van der Waals surface area contributed by atoms with Gasteiger partial charge < -0.3 is 5.11 Å². The summed E-state index contributed by atoms with van der Waals surface area (Å²) in [6.07, 6.45) is 4.13. The van der Waals surface area contributed by atoms with Gasteiger partial charge in [-0.25, -0.2) is 0 Å². The maximum atomic E-state index is 9.01. The SMILES string of the molecule is CCCCN=Cc1ccc(O)s1. The third kappa shape index (κ3) is 3.05. The predicted octanol–water partition coefficient (Wildman–Crippen LogP) is 2.67. The number of aromatic hydroxyl groups is 1. The largest absolute Gasteiger partial charge is 0.499 e. The Labute approximate surface area is 76.6 Å². The minimum Gasteiger partial charge on any atom is -0.499 e.